The topological polar surface area (TPSA) is 240 Å². The van der Waals surface area contributed by atoms with Gasteiger partial charge in [-0.3, -0.25) is 29.4 Å². The average molecular weight is 862 g/mol. The van der Waals surface area contributed by atoms with Gasteiger partial charge < -0.3 is 29.0 Å². The molecule has 2 N–H and O–H groups in total. The van der Waals surface area contributed by atoms with Crippen LogP contribution in [-0.2, 0) is 46.2 Å². The number of hydrogen-bond donors (Lipinski definition) is 2. The van der Waals surface area contributed by atoms with E-state index in [0.717, 1.165) is 39.9 Å². The minimum Gasteiger partial charge on any atom is -0.382 e. The molecule has 1 atom stereocenters. The van der Waals surface area contributed by atoms with E-state index in [2.05, 4.69) is 42.1 Å². The van der Waals surface area contributed by atoms with Crippen molar-refractivity contribution in [3.05, 3.63) is 77.4 Å². The first-order chi connectivity index (χ1) is 30.9. The van der Waals surface area contributed by atoms with Crippen LogP contribution >= 0.6 is 0 Å². The van der Waals surface area contributed by atoms with Crippen LogP contribution in [0.2, 0.25) is 0 Å². The summed E-state index contributed by atoms with van der Waals surface area (Å²) >= 11 is 0. The molecule has 1 saturated heterocycles. The normalized spacial score (nSPS) is 16.2. The third-order valence-electron chi connectivity index (χ3n) is 10.6. The minimum atomic E-state index is -0.991. The standard InChI is InChI=1S/C43H47N11O9/c44-23-28-21-30-25-47-54(40(30)46-24-28)37-22-34(48-31-6-7-31)33(26-45-37)35-27-52(51-50-35)10-12-60-14-16-62-18-20-63-19-17-61-15-13-59-11-2-4-29-3-1-5-32-39(29)43(58)53(42(32)57)36-8-9-38(55)49-41(36)56/h1,3,5,21-22,24-27,31,36H,2,4,6-20H2,(H,45,48)(H,49,55,56). The Bertz CT molecular complexity index is 2500. The molecule has 0 bridgehead atoms. The van der Waals surface area contributed by atoms with Crippen molar-refractivity contribution in [3.63, 3.8) is 0 Å². The van der Waals surface area contributed by atoms with Crippen LogP contribution < -0.4 is 10.6 Å². The number of aryl methyl sites for hydroxylation is 1. The molecule has 4 aromatic heterocycles. The molecular formula is C43H47N11O9. The zero-order valence-electron chi connectivity index (χ0n) is 34.6. The second kappa shape index (κ2) is 20.6. The number of carbonyl (C=O) groups excluding carboxylic acids is 4. The number of aromatic nitrogens is 7. The number of nitriles is 1. The maximum Gasteiger partial charge on any atom is 0.262 e. The molecule has 0 spiro atoms. The molecule has 0 radical (unpaired) electrons. The van der Waals surface area contributed by atoms with E-state index in [1.54, 1.807) is 46.0 Å². The number of imide groups is 2. The summed E-state index contributed by atoms with van der Waals surface area (Å²) in [6.45, 7) is 4.74. The number of nitrogens with zero attached hydrogens (tertiary/aromatic N) is 9. The molecule has 63 heavy (non-hydrogen) atoms. The number of rotatable bonds is 24. The van der Waals surface area contributed by atoms with Crippen molar-refractivity contribution in [1.82, 2.24) is 45.0 Å². The second-order valence-electron chi connectivity index (χ2n) is 15.1. The highest BCUT2D eigenvalue weighted by Gasteiger charge is 2.45. The Morgan fingerprint density at radius 1 is 0.810 bits per heavy atom. The van der Waals surface area contributed by atoms with Crippen molar-refractivity contribution in [2.75, 3.05) is 71.4 Å². The van der Waals surface area contributed by atoms with Gasteiger partial charge in [0.2, 0.25) is 11.8 Å². The third kappa shape index (κ3) is 10.6. The van der Waals surface area contributed by atoms with Crippen LogP contribution in [0.3, 0.4) is 0 Å². The lowest BCUT2D eigenvalue weighted by Gasteiger charge is -2.27. The lowest BCUT2D eigenvalue weighted by molar-refractivity contribution is -0.136. The summed E-state index contributed by atoms with van der Waals surface area (Å²) < 4.78 is 31.6. The van der Waals surface area contributed by atoms with Crippen LogP contribution in [0.1, 0.15) is 63.9 Å². The maximum absolute atomic E-state index is 13.2. The molecule has 20 nitrogen and oxygen atoms in total. The molecule has 20 heteroatoms. The lowest BCUT2D eigenvalue weighted by atomic mass is 9.99. The van der Waals surface area contributed by atoms with E-state index in [0.29, 0.717) is 120 Å². The minimum absolute atomic E-state index is 0.0753. The average Bonchev–Trinajstić information content (AvgIpc) is 3.69. The number of amides is 4. The van der Waals surface area contributed by atoms with E-state index in [-0.39, 0.29) is 18.4 Å². The quantitative estimate of drug-likeness (QED) is 0.0670. The fourth-order valence-electron chi connectivity index (χ4n) is 7.31. The Labute approximate surface area is 361 Å². The van der Waals surface area contributed by atoms with E-state index in [4.69, 9.17) is 23.7 Å². The number of carbonyl (C=O) groups is 4. The summed E-state index contributed by atoms with van der Waals surface area (Å²) in [6, 6.07) is 10.3. The number of benzene rings is 1. The van der Waals surface area contributed by atoms with E-state index >= 15 is 0 Å². The van der Waals surface area contributed by atoms with Crippen molar-refractivity contribution in [2.24, 2.45) is 0 Å². The first kappa shape index (κ1) is 43.2. The van der Waals surface area contributed by atoms with Crippen molar-refractivity contribution in [2.45, 2.75) is 57.2 Å². The van der Waals surface area contributed by atoms with Gasteiger partial charge in [-0.2, -0.15) is 15.0 Å². The van der Waals surface area contributed by atoms with Crippen molar-refractivity contribution >= 4 is 40.3 Å². The lowest BCUT2D eigenvalue weighted by Crippen LogP contribution is -2.54. The van der Waals surface area contributed by atoms with Gasteiger partial charge in [0.05, 0.1) is 95.1 Å². The Morgan fingerprint density at radius 3 is 2.25 bits per heavy atom. The molecule has 5 aromatic rings. The van der Waals surface area contributed by atoms with Crippen LogP contribution in [0.4, 0.5) is 5.69 Å². The number of pyridine rings is 2. The highest BCUT2D eigenvalue weighted by molar-refractivity contribution is 6.24. The van der Waals surface area contributed by atoms with Crippen LogP contribution in [0.15, 0.2) is 55.1 Å². The highest BCUT2D eigenvalue weighted by atomic mass is 16.6. The van der Waals surface area contributed by atoms with Crippen molar-refractivity contribution in [3.8, 4) is 23.1 Å². The summed E-state index contributed by atoms with van der Waals surface area (Å²) in [4.78, 5) is 60.3. The number of hydrogen-bond acceptors (Lipinski definition) is 16. The molecule has 1 unspecified atom stereocenters. The van der Waals surface area contributed by atoms with Crippen LogP contribution in [0, 0.1) is 11.3 Å². The first-order valence-electron chi connectivity index (χ1n) is 21.0. The number of nitrogens with one attached hydrogen (secondary N) is 2. The molecule has 6 heterocycles. The summed E-state index contributed by atoms with van der Waals surface area (Å²) in [7, 11) is 0. The van der Waals surface area contributed by atoms with Gasteiger partial charge in [-0.25, -0.2) is 14.6 Å². The monoisotopic (exact) mass is 861 g/mol. The molecule has 1 aromatic carbocycles. The van der Waals surface area contributed by atoms with Gasteiger partial charge in [-0.1, -0.05) is 17.3 Å². The van der Waals surface area contributed by atoms with E-state index in [1.165, 1.54) is 6.20 Å². The zero-order valence-corrected chi connectivity index (χ0v) is 34.6. The summed E-state index contributed by atoms with van der Waals surface area (Å²) in [6.07, 6.45) is 10.3. The SMILES string of the molecule is N#Cc1cnc2c(cnn2-c2cc(NC3CC3)c(-c3cn(CCOCCOCCOCCOCCOCCCc4cccc5c4C(=O)N(C4CCC(=O)NC4=O)C5=O)nn3)cn2)c1. The van der Waals surface area contributed by atoms with E-state index in [1.807, 2.05) is 12.3 Å². The molecule has 2 aliphatic heterocycles. The Morgan fingerprint density at radius 2 is 1.54 bits per heavy atom. The van der Waals surface area contributed by atoms with Gasteiger partial charge in [0.15, 0.2) is 11.5 Å². The van der Waals surface area contributed by atoms with Crippen LogP contribution in [0.5, 0.6) is 0 Å². The van der Waals surface area contributed by atoms with Gasteiger partial charge in [0.25, 0.3) is 11.8 Å². The van der Waals surface area contributed by atoms with Crippen LogP contribution in [0.25, 0.3) is 28.1 Å². The van der Waals surface area contributed by atoms with Crippen molar-refractivity contribution in [1.29, 1.82) is 5.26 Å². The molecule has 1 aliphatic carbocycles. The molecule has 4 amide bonds. The Hall–Kier alpha value is -6.50. The fraction of sp³-hybridized carbons (Fsp3) is 0.442. The Balaban J connectivity index is 0.647. The smallest absolute Gasteiger partial charge is 0.262 e. The van der Waals surface area contributed by atoms with Gasteiger partial charge in [-0.05, 0) is 49.8 Å². The number of anilines is 1. The van der Waals surface area contributed by atoms with Gasteiger partial charge in [0, 0.05) is 54.2 Å². The Kier molecular flexibility index (Phi) is 14.1. The zero-order chi connectivity index (χ0) is 43.5. The van der Waals surface area contributed by atoms with E-state index in [9.17, 15) is 24.4 Å². The number of ether oxygens (including phenoxy) is 5. The van der Waals surface area contributed by atoms with Crippen molar-refractivity contribution < 1.29 is 42.9 Å². The van der Waals surface area contributed by atoms with Gasteiger partial charge in [-0.15, -0.1) is 5.10 Å². The van der Waals surface area contributed by atoms with Gasteiger partial charge >= 0.3 is 0 Å². The predicted molar refractivity (Wildman–Crippen MR) is 223 cm³/mol. The molecule has 1 saturated carbocycles. The third-order valence-corrected chi connectivity index (χ3v) is 10.6. The predicted octanol–water partition coefficient (Wildman–Crippen LogP) is 2.64. The highest BCUT2D eigenvalue weighted by Crippen LogP contribution is 2.33. The largest absolute Gasteiger partial charge is 0.382 e. The first-order valence-corrected chi connectivity index (χ1v) is 21.0. The molecule has 2 fully saturated rings. The summed E-state index contributed by atoms with van der Waals surface area (Å²) in [5.41, 5.74) is 4.79. The molecule has 328 valence electrons. The van der Waals surface area contributed by atoms with E-state index < -0.39 is 29.7 Å². The summed E-state index contributed by atoms with van der Waals surface area (Å²) in [5, 5.41) is 28.9. The maximum atomic E-state index is 13.2. The second-order valence-corrected chi connectivity index (χ2v) is 15.1. The summed E-state index contributed by atoms with van der Waals surface area (Å²) in [5.74, 6) is -1.45. The van der Waals surface area contributed by atoms with Gasteiger partial charge in [0.1, 0.15) is 17.8 Å². The molecular weight excluding hydrogens is 815 g/mol. The molecule has 8 rings (SSSR count). The van der Waals surface area contributed by atoms with Crippen LogP contribution in [-0.4, -0.2) is 141 Å². The fourth-order valence-corrected chi connectivity index (χ4v) is 7.31. The number of fused-ring (bicyclic) bond motifs is 2. The number of piperidine rings is 1. The molecule has 3 aliphatic rings.